The van der Waals surface area contributed by atoms with E-state index in [-0.39, 0.29) is 18.4 Å². The molecule has 1 aliphatic heterocycles. The lowest BCUT2D eigenvalue weighted by Gasteiger charge is -2.15. The summed E-state index contributed by atoms with van der Waals surface area (Å²) in [5.74, 6) is 0.133. The summed E-state index contributed by atoms with van der Waals surface area (Å²) in [5.41, 5.74) is 3.75. The quantitative estimate of drug-likeness (QED) is 0.573. The number of hydrogen-bond donors (Lipinski definition) is 1. The molecule has 6 nitrogen and oxygen atoms in total. The van der Waals surface area contributed by atoms with Crippen molar-refractivity contribution in [1.82, 2.24) is 14.9 Å². The Morgan fingerprint density at radius 2 is 1.90 bits per heavy atom. The average molecular weight is 461 g/mol. The fourth-order valence-corrected chi connectivity index (χ4v) is 4.08. The first-order chi connectivity index (χ1) is 14.6. The zero-order valence-corrected chi connectivity index (χ0v) is 17.5. The van der Waals surface area contributed by atoms with Crippen LogP contribution in [0.3, 0.4) is 0 Å². The van der Waals surface area contributed by atoms with E-state index in [2.05, 4.69) is 31.2 Å². The molecule has 1 aliphatic carbocycles. The van der Waals surface area contributed by atoms with Gasteiger partial charge in [0.1, 0.15) is 0 Å². The molecule has 7 heteroatoms. The minimum absolute atomic E-state index is 0.169. The lowest BCUT2D eigenvalue weighted by atomic mass is 10.00. The second-order valence-corrected chi connectivity index (χ2v) is 8.16. The lowest BCUT2D eigenvalue weighted by Crippen LogP contribution is -2.31. The Morgan fingerprint density at radius 1 is 1.07 bits per heavy atom. The van der Waals surface area contributed by atoms with Crippen LogP contribution in [0.5, 0.6) is 0 Å². The molecule has 0 unspecified atom stereocenters. The van der Waals surface area contributed by atoms with Crippen LogP contribution >= 0.6 is 15.9 Å². The normalized spacial score (nSPS) is 15.8. The Bertz CT molecular complexity index is 1250. The Kier molecular flexibility index (Phi) is 4.67. The molecule has 0 radical (unpaired) electrons. The van der Waals surface area contributed by atoms with Gasteiger partial charge in [0.2, 0.25) is 5.95 Å². The van der Waals surface area contributed by atoms with Gasteiger partial charge in [-0.25, -0.2) is 9.97 Å². The van der Waals surface area contributed by atoms with E-state index in [1.54, 1.807) is 12.3 Å². The van der Waals surface area contributed by atoms with Crippen molar-refractivity contribution in [2.75, 3.05) is 5.32 Å². The predicted molar refractivity (Wildman–Crippen MR) is 118 cm³/mol. The molecule has 0 saturated heterocycles. The highest BCUT2D eigenvalue weighted by molar-refractivity contribution is 9.10. The highest BCUT2D eigenvalue weighted by atomic mass is 79.9. The summed E-state index contributed by atoms with van der Waals surface area (Å²) in [6.45, 7) is 0.264. The number of fused-ring (bicyclic) bond motifs is 1. The number of allylic oxidation sites excluding steroid dienone is 1. The highest BCUT2D eigenvalue weighted by Gasteiger charge is 2.37. The van der Waals surface area contributed by atoms with Crippen LogP contribution in [0.4, 0.5) is 11.6 Å². The summed E-state index contributed by atoms with van der Waals surface area (Å²) in [4.78, 5) is 35.3. The van der Waals surface area contributed by atoms with Crippen LogP contribution in [0.15, 0.2) is 76.4 Å². The van der Waals surface area contributed by atoms with Gasteiger partial charge in [-0.3, -0.25) is 14.5 Å². The van der Waals surface area contributed by atoms with Gasteiger partial charge in [0, 0.05) is 32.9 Å². The number of carbonyl (C=O) groups excluding carboxylic acids is 2. The van der Waals surface area contributed by atoms with Crippen molar-refractivity contribution in [1.29, 1.82) is 0 Å². The van der Waals surface area contributed by atoms with Crippen LogP contribution in [0.2, 0.25) is 0 Å². The molecule has 0 saturated carbocycles. The third kappa shape index (κ3) is 3.41. The molecular weight excluding hydrogens is 444 g/mol. The molecule has 5 rings (SSSR count). The average Bonchev–Trinajstić information content (AvgIpc) is 3.00. The van der Waals surface area contributed by atoms with E-state index in [4.69, 9.17) is 0 Å². The van der Waals surface area contributed by atoms with Crippen LogP contribution in [0.25, 0.3) is 10.9 Å². The Labute approximate surface area is 181 Å². The Hall–Kier alpha value is -3.32. The summed E-state index contributed by atoms with van der Waals surface area (Å²) in [7, 11) is 0. The molecular formula is C23H17BrN4O2. The van der Waals surface area contributed by atoms with Crippen LogP contribution in [-0.2, 0) is 16.1 Å². The van der Waals surface area contributed by atoms with Gasteiger partial charge in [0.15, 0.2) is 0 Å². The van der Waals surface area contributed by atoms with Crippen LogP contribution in [0, 0.1) is 0 Å². The van der Waals surface area contributed by atoms with Crippen LogP contribution in [-0.4, -0.2) is 26.7 Å². The Balaban J connectivity index is 1.29. The van der Waals surface area contributed by atoms with Gasteiger partial charge in [-0.2, -0.15) is 0 Å². The fourth-order valence-electron chi connectivity index (χ4n) is 3.70. The Morgan fingerprint density at radius 3 is 2.70 bits per heavy atom. The maximum Gasteiger partial charge on any atom is 0.261 e. The molecule has 0 fully saturated rings. The third-order valence-electron chi connectivity index (χ3n) is 5.24. The van der Waals surface area contributed by atoms with Gasteiger partial charge in [-0.1, -0.05) is 40.2 Å². The second kappa shape index (κ2) is 7.50. The summed E-state index contributed by atoms with van der Waals surface area (Å²) >= 11 is 3.45. The first-order valence-electron chi connectivity index (χ1n) is 9.63. The van der Waals surface area contributed by atoms with E-state index in [9.17, 15) is 9.59 Å². The number of anilines is 2. The van der Waals surface area contributed by atoms with Crippen molar-refractivity contribution in [3.8, 4) is 0 Å². The number of benzene rings is 2. The van der Waals surface area contributed by atoms with Gasteiger partial charge in [0.05, 0.1) is 12.1 Å². The number of imide groups is 1. The molecule has 3 aromatic rings. The first-order valence-corrected chi connectivity index (χ1v) is 10.4. The van der Waals surface area contributed by atoms with E-state index < -0.39 is 0 Å². The summed E-state index contributed by atoms with van der Waals surface area (Å²) in [5, 5.41) is 4.15. The number of carbonyl (C=O) groups is 2. The number of nitrogens with zero attached hydrogens (tertiary/aromatic N) is 3. The molecule has 2 aliphatic rings. The zero-order valence-electron chi connectivity index (χ0n) is 15.9. The largest absolute Gasteiger partial charge is 0.324 e. The fraction of sp³-hybridized carbons (Fsp3) is 0.130. The van der Waals surface area contributed by atoms with E-state index >= 15 is 0 Å². The number of aromatic nitrogens is 2. The summed E-state index contributed by atoms with van der Waals surface area (Å²) in [6.07, 6.45) is 6.94. The molecule has 148 valence electrons. The lowest BCUT2D eigenvalue weighted by molar-refractivity contribution is -0.138. The van der Waals surface area contributed by atoms with E-state index in [0.717, 1.165) is 33.0 Å². The van der Waals surface area contributed by atoms with Crippen LogP contribution in [0.1, 0.15) is 18.4 Å². The maximum atomic E-state index is 12.6. The molecule has 2 aromatic carbocycles. The monoisotopic (exact) mass is 460 g/mol. The summed E-state index contributed by atoms with van der Waals surface area (Å²) in [6, 6.07) is 13.4. The summed E-state index contributed by atoms with van der Waals surface area (Å²) < 4.78 is 0.983. The molecule has 1 N–H and O–H groups in total. The topological polar surface area (TPSA) is 75.2 Å². The van der Waals surface area contributed by atoms with Crippen molar-refractivity contribution in [2.45, 2.75) is 19.4 Å². The highest BCUT2D eigenvalue weighted by Crippen LogP contribution is 2.30. The molecule has 1 aromatic heterocycles. The van der Waals surface area contributed by atoms with Gasteiger partial charge < -0.3 is 5.32 Å². The number of amides is 2. The van der Waals surface area contributed by atoms with Gasteiger partial charge >= 0.3 is 0 Å². The van der Waals surface area contributed by atoms with Crippen molar-refractivity contribution in [3.63, 3.8) is 0 Å². The zero-order chi connectivity index (χ0) is 20.7. The number of hydrogen-bond acceptors (Lipinski definition) is 5. The van der Waals surface area contributed by atoms with Crippen molar-refractivity contribution < 1.29 is 9.59 Å². The minimum Gasteiger partial charge on any atom is -0.324 e. The van der Waals surface area contributed by atoms with Gasteiger partial charge in [0.25, 0.3) is 11.8 Å². The number of nitrogens with one attached hydrogen (secondary N) is 1. The van der Waals surface area contributed by atoms with Crippen molar-refractivity contribution in [3.05, 3.63) is 82.0 Å². The molecule has 0 spiro atoms. The standard InChI is InChI=1S/C23H17BrN4O2/c24-16-7-10-20-15(11-16)12-25-23(27-20)26-17-8-5-14(6-9-17)13-28-21(29)18-3-1-2-4-19(18)22(28)30/h1,3,5-12H,2,4,13H2,(H,25,26,27). The smallest absolute Gasteiger partial charge is 0.261 e. The van der Waals surface area contributed by atoms with E-state index in [1.165, 1.54) is 4.90 Å². The SMILES string of the molecule is O=C1C2=C(CCC=C2)C(=O)N1Cc1ccc(Nc2ncc3cc(Br)ccc3n2)cc1. The first kappa shape index (κ1) is 18.7. The van der Waals surface area contributed by atoms with E-state index in [0.29, 0.717) is 23.5 Å². The molecule has 2 heterocycles. The third-order valence-corrected chi connectivity index (χ3v) is 5.74. The molecule has 0 atom stereocenters. The van der Waals surface area contributed by atoms with Gasteiger partial charge in [-0.05, 0) is 48.7 Å². The van der Waals surface area contributed by atoms with Crippen molar-refractivity contribution in [2.24, 2.45) is 0 Å². The number of halogens is 1. The maximum absolute atomic E-state index is 12.6. The molecule has 30 heavy (non-hydrogen) atoms. The van der Waals surface area contributed by atoms with Gasteiger partial charge in [-0.15, -0.1) is 0 Å². The minimum atomic E-state index is -0.204. The van der Waals surface area contributed by atoms with E-state index in [1.807, 2.05) is 48.5 Å². The van der Waals surface area contributed by atoms with Crippen molar-refractivity contribution >= 4 is 50.3 Å². The molecule has 0 bridgehead atoms. The predicted octanol–water partition coefficient (Wildman–Crippen LogP) is 4.65. The second-order valence-electron chi connectivity index (χ2n) is 7.25. The number of rotatable bonds is 4. The molecule has 2 amide bonds. The van der Waals surface area contributed by atoms with Crippen LogP contribution < -0.4 is 5.32 Å².